The normalized spacial score (nSPS) is 10.3. The Morgan fingerprint density at radius 1 is 1.11 bits per heavy atom. The van der Waals surface area contributed by atoms with Gasteiger partial charge in [-0.1, -0.05) is 28.1 Å². The summed E-state index contributed by atoms with van der Waals surface area (Å²) in [7, 11) is 0. The number of anilines is 2. The molecule has 1 amide bonds. The minimum absolute atomic E-state index is 0.152. The van der Waals surface area contributed by atoms with E-state index in [9.17, 15) is 4.79 Å². The molecule has 19 heavy (non-hydrogen) atoms. The Morgan fingerprint density at radius 2 is 1.79 bits per heavy atom. The van der Waals surface area contributed by atoms with Crippen LogP contribution in [-0.2, 0) is 0 Å². The molecule has 0 heterocycles. The molecule has 0 saturated carbocycles. The summed E-state index contributed by atoms with van der Waals surface area (Å²) in [5.41, 5.74) is 9.67. The average molecular weight is 319 g/mol. The van der Waals surface area contributed by atoms with Crippen molar-refractivity contribution in [3.05, 3.63) is 57.6 Å². The summed E-state index contributed by atoms with van der Waals surface area (Å²) < 4.78 is 0.967. The van der Waals surface area contributed by atoms with Crippen LogP contribution in [0.2, 0.25) is 0 Å². The van der Waals surface area contributed by atoms with Gasteiger partial charge in [0.15, 0.2) is 0 Å². The maximum absolute atomic E-state index is 12.2. The third-order valence-corrected chi connectivity index (χ3v) is 3.79. The van der Waals surface area contributed by atoms with Crippen LogP contribution in [0.4, 0.5) is 11.4 Å². The molecule has 3 nitrogen and oxygen atoms in total. The SMILES string of the molecule is Cc1ccc(NC(=O)c2cc(N)ccc2C)cc1Br. The summed E-state index contributed by atoms with van der Waals surface area (Å²) in [6, 6.07) is 11.0. The van der Waals surface area contributed by atoms with Gasteiger partial charge in [-0.05, 0) is 49.2 Å². The first-order chi connectivity index (χ1) is 8.97. The van der Waals surface area contributed by atoms with Gasteiger partial charge in [-0.3, -0.25) is 4.79 Å². The van der Waals surface area contributed by atoms with E-state index >= 15 is 0 Å². The van der Waals surface area contributed by atoms with Gasteiger partial charge in [0.1, 0.15) is 0 Å². The second-order valence-electron chi connectivity index (χ2n) is 4.49. The fourth-order valence-corrected chi connectivity index (χ4v) is 2.13. The zero-order chi connectivity index (χ0) is 14.0. The summed E-state index contributed by atoms with van der Waals surface area (Å²) in [4.78, 5) is 12.2. The Bertz CT molecular complexity index is 638. The number of hydrogen-bond acceptors (Lipinski definition) is 2. The maximum atomic E-state index is 12.2. The monoisotopic (exact) mass is 318 g/mol. The van der Waals surface area contributed by atoms with E-state index in [4.69, 9.17) is 5.73 Å². The Kier molecular flexibility index (Phi) is 3.90. The van der Waals surface area contributed by atoms with E-state index < -0.39 is 0 Å². The van der Waals surface area contributed by atoms with Crippen LogP contribution >= 0.6 is 15.9 Å². The second-order valence-corrected chi connectivity index (χ2v) is 5.35. The summed E-state index contributed by atoms with van der Waals surface area (Å²) in [6.45, 7) is 3.89. The molecule has 0 spiro atoms. The molecule has 0 aliphatic carbocycles. The van der Waals surface area contributed by atoms with Crippen molar-refractivity contribution in [3.63, 3.8) is 0 Å². The van der Waals surface area contributed by atoms with Crippen LogP contribution in [0, 0.1) is 13.8 Å². The van der Waals surface area contributed by atoms with Crippen molar-refractivity contribution in [1.82, 2.24) is 0 Å². The summed E-state index contributed by atoms with van der Waals surface area (Å²) in [5.74, 6) is -0.152. The van der Waals surface area contributed by atoms with Crippen molar-refractivity contribution in [2.24, 2.45) is 0 Å². The van der Waals surface area contributed by atoms with E-state index in [-0.39, 0.29) is 5.91 Å². The minimum atomic E-state index is -0.152. The van der Waals surface area contributed by atoms with Gasteiger partial charge in [0, 0.05) is 21.4 Å². The number of hydrogen-bond donors (Lipinski definition) is 2. The minimum Gasteiger partial charge on any atom is -0.399 e. The molecule has 2 aromatic rings. The first-order valence-electron chi connectivity index (χ1n) is 5.91. The first-order valence-corrected chi connectivity index (χ1v) is 6.70. The third kappa shape index (κ3) is 3.15. The lowest BCUT2D eigenvalue weighted by Gasteiger charge is -2.09. The fraction of sp³-hybridized carbons (Fsp3) is 0.133. The number of rotatable bonds is 2. The number of carbonyl (C=O) groups is 1. The second kappa shape index (κ2) is 5.45. The Balaban J connectivity index is 2.25. The average Bonchev–Trinajstić information content (AvgIpc) is 2.36. The van der Waals surface area contributed by atoms with Crippen molar-refractivity contribution in [3.8, 4) is 0 Å². The molecular formula is C15H15BrN2O. The van der Waals surface area contributed by atoms with Gasteiger partial charge in [0.05, 0.1) is 0 Å². The Morgan fingerprint density at radius 3 is 2.47 bits per heavy atom. The molecule has 0 aromatic heterocycles. The quantitative estimate of drug-likeness (QED) is 0.825. The van der Waals surface area contributed by atoms with Gasteiger partial charge in [-0.25, -0.2) is 0 Å². The standard InChI is InChI=1S/C15H15BrN2O/c1-9-3-5-11(17)7-13(9)15(19)18-12-6-4-10(2)14(16)8-12/h3-8H,17H2,1-2H3,(H,18,19). The van der Waals surface area contributed by atoms with E-state index in [1.807, 2.05) is 38.1 Å². The van der Waals surface area contributed by atoms with E-state index in [0.717, 1.165) is 21.3 Å². The van der Waals surface area contributed by atoms with E-state index in [0.29, 0.717) is 11.3 Å². The molecule has 0 aliphatic heterocycles. The van der Waals surface area contributed by atoms with Gasteiger partial charge in [0.25, 0.3) is 5.91 Å². The molecule has 0 unspecified atom stereocenters. The van der Waals surface area contributed by atoms with Crippen molar-refractivity contribution in [2.45, 2.75) is 13.8 Å². The molecule has 0 aliphatic rings. The van der Waals surface area contributed by atoms with E-state index in [1.165, 1.54) is 0 Å². The van der Waals surface area contributed by atoms with Crippen LogP contribution in [0.25, 0.3) is 0 Å². The molecule has 0 bridgehead atoms. The molecule has 0 fully saturated rings. The van der Waals surface area contributed by atoms with E-state index in [2.05, 4.69) is 21.2 Å². The van der Waals surface area contributed by atoms with Gasteiger partial charge >= 0.3 is 0 Å². The molecule has 0 radical (unpaired) electrons. The number of nitrogen functional groups attached to an aromatic ring is 1. The highest BCUT2D eigenvalue weighted by atomic mass is 79.9. The van der Waals surface area contributed by atoms with Gasteiger partial charge in [-0.15, -0.1) is 0 Å². The van der Waals surface area contributed by atoms with Crippen molar-refractivity contribution < 1.29 is 4.79 Å². The van der Waals surface area contributed by atoms with Gasteiger partial charge < -0.3 is 11.1 Å². The summed E-state index contributed by atoms with van der Waals surface area (Å²) >= 11 is 3.45. The van der Waals surface area contributed by atoms with Crippen molar-refractivity contribution >= 4 is 33.2 Å². The number of aryl methyl sites for hydroxylation is 2. The van der Waals surface area contributed by atoms with Gasteiger partial charge in [-0.2, -0.15) is 0 Å². The van der Waals surface area contributed by atoms with Gasteiger partial charge in [0.2, 0.25) is 0 Å². The van der Waals surface area contributed by atoms with Crippen molar-refractivity contribution in [2.75, 3.05) is 11.1 Å². The van der Waals surface area contributed by atoms with Crippen LogP contribution < -0.4 is 11.1 Å². The lowest BCUT2D eigenvalue weighted by atomic mass is 10.1. The molecule has 0 saturated heterocycles. The molecule has 2 aromatic carbocycles. The zero-order valence-corrected chi connectivity index (χ0v) is 12.4. The number of benzene rings is 2. The first kappa shape index (κ1) is 13.6. The number of nitrogens with one attached hydrogen (secondary N) is 1. The smallest absolute Gasteiger partial charge is 0.256 e. The highest BCUT2D eigenvalue weighted by Gasteiger charge is 2.10. The number of nitrogens with two attached hydrogens (primary N) is 1. The van der Waals surface area contributed by atoms with Crippen LogP contribution in [0.1, 0.15) is 21.5 Å². The highest BCUT2D eigenvalue weighted by Crippen LogP contribution is 2.22. The topological polar surface area (TPSA) is 55.1 Å². The van der Waals surface area contributed by atoms with Crippen molar-refractivity contribution in [1.29, 1.82) is 0 Å². The number of halogens is 1. The Labute approximate surface area is 121 Å². The molecule has 98 valence electrons. The highest BCUT2D eigenvalue weighted by molar-refractivity contribution is 9.10. The Hall–Kier alpha value is -1.81. The predicted octanol–water partition coefficient (Wildman–Crippen LogP) is 3.90. The van der Waals surface area contributed by atoms with E-state index in [1.54, 1.807) is 12.1 Å². The zero-order valence-electron chi connectivity index (χ0n) is 10.8. The molecule has 4 heteroatoms. The maximum Gasteiger partial charge on any atom is 0.256 e. The fourth-order valence-electron chi connectivity index (χ4n) is 1.75. The predicted molar refractivity (Wildman–Crippen MR) is 82.4 cm³/mol. The van der Waals surface area contributed by atoms with Crippen LogP contribution in [0.15, 0.2) is 40.9 Å². The molecule has 2 rings (SSSR count). The molecular weight excluding hydrogens is 304 g/mol. The lowest BCUT2D eigenvalue weighted by molar-refractivity contribution is 0.102. The lowest BCUT2D eigenvalue weighted by Crippen LogP contribution is -2.13. The van der Waals surface area contributed by atoms with Crippen LogP contribution in [0.5, 0.6) is 0 Å². The summed E-state index contributed by atoms with van der Waals surface area (Å²) in [6.07, 6.45) is 0. The van der Waals surface area contributed by atoms with Crippen LogP contribution in [0.3, 0.4) is 0 Å². The van der Waals surface area contributed by atoms with Crippen LogP contribution in [-0.4, -0.2) is 5.91 Å². The third-order valence-electron chi connectivity index (χ3n) is 2.94. The number of amides is 1. The molecule has 3 N–H and O–H groups in total. The largest absolute Gasteiger partial charge is 0.399 e. The molecule has 0 atom stereocenters. The number of carbonyl (C=O) groups excluding carboxylic acids is 1. The summed E-state index contributed by atoms with van der Waals surface area (Å²) in [5, 5.41) is 2.87.